The molecule has 0 fully saturated rings. The molecule has 6 heteroatoms. The zero-order valence-electron chi connectivity index (χ0n) is 13.5. The van der Waals surface area contributed by atoms with Crippen molar-refractivity contribution >= 4 is 28.6 Å². The largest absolute Gasteiger partial charge is 0.480 e. The fraction of sp³-hybridized carbons (Fsp3) is 0.278. The van der Waals surface area contributed by atoms with E-state index in [1.807, 2.05) is 36.4 Å². The number of nitrogens with one attached hydrogen (secondary N) is 1. The number of ether oxygens (including phenoxy) is 1. The summed E-state index contributed by atoms with van der Waals surface area (Å²) in [5, 5.41) is 13.3. The first-order valence-electron chi connectivity index (χ1n) is 7.61. The second-order valence-electron chi connectivity index (χ2n) is 5.38. The Morgan fingerprint density at radius 3 is 2.54 bits per heavy atom. The van der Waals surface area contributed by atoms with Crippen LogP contribution >= 0.6 is 0 Å². The fourth-order valence-corrected chi connectivity index (χ4v) is 2.37. The van der Waals surface area contributed by atoms with Gasteiger partial charge >= 0.3 is 11.9 Å². The highest BCUT2D eigenvalue weighted by Gasteiger charge is 2.24. The van der Waals surface area contributed by atoms with E-state index in [9.17, 15) is 19.5 Å². The fourth-order valence-electron chi connectivity index (χ4n) is 2.37. The number of aryl methyl sites for hydroxylation is 1. The van der Waals surface area contributed by atoms with Gasteiger partial charge in [0.25, 0.3) is 5.91 Å². The van der Waals surface area contributed by atoms with Gasteiger partial charge < -0.3 is 15.2 Å². The van der Waals surface area contributed by atoms with Crippen molar-refractivity contribution in [2.45, 2.75) is 26.3 Å². The maximum absolute atomic E-state index is 12.6. The van der Waals surface area contributed by atoms with E-state index >= 15 is 0 Å². The zero-order valence-corrected chi connectivity index (χ0v) is 13.5. The minimum Gasteiger partial charge on any atom is -0.480 e. The average molecular weight is 329 g/mol. The van der Waals surface area contributed by atoms with E-state index in [1.54, 1.807) is 13.8 Å². The van der Waals surface area contributed by atoms with Crippen molar-refractivity contribution in [1.82, 2.24) is 5.32 Å². The van der Waals surface area contributed by atoms with Crippen LogP contribution in [0.3, 0.4) is 0 Å². The van der Waals surface area contributed by atoms with Gasteiger partial charge in [-0.25, -0.2) is 4.79 Å². The summed E-state index contributed by atoms with van der Waals surface area (Å²) in [6.07, 6.45) is 0.142. The molecule has 2 aromatic carbocycles. The number of aliphatic carboxylic acids is 1. The monoisotopic (exact) mass is 329 g/mol. The Kier molecular flexibility index (Phi) is 5.52. The first kappa shape index (κ1) is 17.5. The molecule has 0 radical (unpaired) electrons. The maximum Gasteiger partial charge on any atom is 0.329 e. The Bertz CT molecular complexity index is 784. The van der Waals surface area contributed by atoms with Crippen LogP contribution in [0.4, 0.5) is 0 Å². The molecule has 24 heavy (non-hydrogen) atoms. The molecule has 0 saturated carbocycles. The number of benzene rings is 2. The average Bonchev–Trinajstić information content (AvgIpc) is 2.57. The summed E-state index contributed by atoms with van der Waals surface area (Å²) in [6.45, 7) is 2.99. The van der Waals surface area contributed by atoms with Crippen LogP contribution in [-0.4, -0.2) is 35.6 Å². The number of carboxylic acid groups (broad SMARTS) is 1. The van der Waals surface area contributed by atoms with E-state index in [-0.39, 0.29) is 6.42 Å². The van der Waals surface area contributed by atoms with Crippen molar-refractivity contribution in [1.29, 1.82) is 0 Å². The van der Waals surface area contributed by atoms with Gasteiger partial charge in [0.05, 0.1) is 5.56 Å². The van der Waals surface area contributed by atoms with Crippen molar-refractivity contribution < 1.29 is 24.2 Å². The molecule has 6 nitrogen and oxygen atoms in total. The highest BCUT2D eigenvalue weighted by atomic mass is 16.5. The Morgan fingerprint density at radius 2 is 1.88 bits per heavy atom. The molecule has 0 aliphatic heterocycles. The second kappa shape index (κ2) is 7.59. The van der Waals surface area contributed by atoms with E-state index in [4.69, 9.17) is 4.74 Å². The third-order valence-electron chi connectivity index (χ3n) is 3.67. The van der Waals surface area contributed by atoms with Crippen LogP contribution < -0.4 is 5.32 Å². The Hall–Kier alpha value is -2.89. The molecule has 2 N–H and O–H groups in total. The summed E-state index contributed by atoms with van der Waals surface area (Å²) >= 11 is 0. The zero-order chi connectivity index (χ0) is 17.7. The van der Waals surface area contributed by atoms with Gasteiger partial charge in [-0.2, -0.15) is 0 Å². The van der Waals surface area contributed by atoms with E-state index < -0.39 is 30.5 Å². The molecular weight excluding hydrogens is 310 g/mol. The highest BCUT2D eigenvalue weighted by molar-refractivity contribution is 6.09. The lowest BCUT2D eigenvalue weighted by Gasteiger charge is -2.16. The molecular formula is C18H19NO5. The maximum atomic E-state index is 12.6. The summed E-state index contributed by atoms with van der Waals surface area (Å²) in [6, 6.07) is 9.78. The van der Waals surface area contributed by atoms with Crippen molar-refractivity contribution in [3.63, 3.8) is 0 Å². The lowest BCUT2D eigenvalue weighted by molar-refractivity contribution is -0.148. The molecule has 1 amide bonds. The molecule has 1 atom stereocenters. The van der Waals surface area contributed by atoms with E-state index in [1.165, 1.54) is 0 Å². The van der Waals surface area contributed by atoms with Crippen LogP contribution in [0.15, 0.2) is 36.4 Å². The van der Waals surface area contributed by atoms with Crippen LogP contribution in [0.25, 0.3) is 10.8 Å². The summed E-state index contributed by atoms with van der Waals surface area (Å²) in [7, 11) is 0. The molecule has 0 saturated heterocycles. The third kappa shape index (κ3) is 3.90. The van der Waals surface area contributed by atoms with Crippen molar-refractivity contribution in [3.8, 4) is 0 Å². The number of carbonyl (C=O) groups is 3. The Labute approximate surface area is 139 Å². The van der Waals surface area contributed by atoms with Crippen LogP contribution in [0.2, 0.25) is 0 Å². The number of rotatable bonds is 6. The van der Waals surface area contributed by atoms with E-state index in [0.29, 0.717) is 5.56 Å². The quantitative estimate of drug-likeness (QED) is 0.793. The van der Waals surface area contributed by atoms with Crippen LogP contribution in [0, 0.1) is 6.92 Å². The lowest BCUT2D eigenvalue weighted by Crippen LogP contribution is -2.44. The van der Waals surface area contributed by atoms with Gasteiger partial charge in [-0.05, 0) is 23.3 Å². The van der Waals surface area contributed by atoms with Crippen molar-refractivity contribution in [3.05, 3.63) is 47.5 Å². The summed E-state index contributed by atoms with van der Waals surface area (Å²) < 4.78 is 4.83. The Morgan fingerprint density at radius 1 is 1.17 bits per heavy atom. The van der Waals surface area contributed by atoms with Gasteiger partial charge in [0.2, 0.25) is 0 Å². The second-order valence-corrected chi connectivity index (χ2v) is 5.38. The normalized spacial score (nSPS) is 11.8. The molecule has 0 aliphatic rings. The number of carboxylic acids is 1. The predicted octanol–water partition coefficient (Wildman–Crippen LogP) is 2.28. The summed E-state index contributed by atoms with van der Waals surface area (Å²) in [5.74, 6) is -2.29. The third-order valence-corrected chi connectivity index (χ3v) is 3.67. The molecule has 0 bridgehead atoms. The van der Waals surface area contributed by atoms with E-state index in [2.05, 4.69) is 5.32 Å². The number of esters is 1. The highest BCUT2D eigenvalue weighted by Crippen LogP contribution is 2.22. The van der Waals surface area contributed by atoms with Gasteiger partial charge in [0.1, 0.15) is 6.61 Å². The summed E-state index contributed by atoms with van der Waals surface area (Å²) in [5.41, 5.74) is 1.15. The van der Waals surface area contributed by atoms with Crippen LogP contribution in [0.5, 0.6) is 0 Å². The minimum atomic E-state index is -1.30. The van der Waals surface area contributed by atoms with Crippen molar-refractivity contribution in [2.75, 3.05) is 6.61 Å². The lowest BCUT2D eigenvalue weighted by atomic mass is 9.99. The number of amides is 1. The molecule has 0 aliphatic carbocycles. The number of hydrogen-bond acceptors (Lipinski definition) is 4. The van der Waals surface area contributed by atoms with E-state index in [0.717, 1.165) is 16.3 Å². The smallest absolute Gasteiger partial charge is 0.329 e. The van der Waals surface area contributed by atoms with Gasteiger partial charge in [-0.1, -0.05) is 43.3 Å². The van der Waals surface area contributed by atoms with Gasteiger partial charge in [-0.3, -0.25) is 9.59 Å². The minimum absolute atomic E-state index is 0.142. The molecule has 2 rings (SSSR count). The summed E-state index contributed by atoms with van der Waals surface area (Å²) in [4.78, 5) is 35.1. The number of hydrogen-bond donors (Lipinski definition) is 2. The predicted molar refractivity (Wildman–Crippen MR) is 88.8 cm³/mol. The van der Waals surface area contributed by atoms with Gasteiger partial charge in [-0.15, -0.1) is 0 Å². The molecule has 0 aromatic heterocycles. The SMILES string of the molecule is CCC(=O)OC[C@H](NC(=O)c1c(C)ccc2ccccc12)C(=O)O. The van der Waals surface area contributed by atoms with Gasteiger partial charge in [0, 0.05) is 6.42 Å². The topological polar surface area (TPSA) is 92.7 Å². The van der Waals surface area contributed by atoms with Gasteiger partial charge in [0.15, 0.2) is 6.04 Å². The standard InChI is InChI=1S/C18H19NO5/c1-3-15(20)24-10-14(18(22)23)19-17(21)16-11(2)8-9-12-6-4-5-7-13(12)16/h4-9,14H,3,10H2,1-2H3,(H,19,21)(H,22,23)/t14-/m0/s1. The van der Waals surface area contributed by atoms with Crippen molar-refractivity contribution in [2.24, 2.45) is 0 Å². The first-order valence-corrected chi connectivity index (χ1v) is 7.61. The molecule has 0 heterocycles. The molecule has 2 aromatic rings. The van der Waals surface area contributed by atoms with Crippen LogP contribution in [-0.2, 0) is 14.3 Å². The molecule has 0 spiro atoms. The number of fused-ring (bicyclic) bond motifs is 1. The molecule has 126 valence electrons. The first-order chi connectivity index (χ1) is 11.4. The Balaban J connectivity index is 2.26. The number of carbonyl (C=O) groups excluding carboxylic acids is 2. The van der Waals surface area contributed by atoms with Crippen LogP contribution in [0.1, 0.15) is 29.3 Å². The molecule has 0 unspecified atom stereocenters.